The highest BCUT2D eigenvalue weighted by atomic mass is 32.2. The van der Waals surface area contributed by atoms with Gasteiger partial charge < -0.3 is 0 Å². The Labute approximate surface area is 135 Å². The lowest BCUT2D eigenvalue weighted by molar-refractivity contribution is -0.117. The summed E-state index contributed by atoms with van der Waals surface area (Å²) < 4.78 is 2.11. The maximum Gasteiger partial charge on any atom is 0.152 e. The molecule has 1 saturated heterocycles. The number of rotatable bonds is 4. The molecule has 2 unspecified atom stereocenters. The van der Waals surface area contributed by atoms with Crippen LogP contribution in [0.5, 0.6) is 0 Å². The molecule has 2 heterocycles. The van der Waals surface area contributed by atoms with E-state index in [0.717, 1.165) is 11.4 Å². The van der Waals surface area contributed by atoms with E-state index in [0.29, 0.717) is 23.5 Å². The highest BCUT2D eigenvalue weighted by molar-refractivity contribution is 8.07. The zero-order chi connectivity index (χ0) is 14.7. The van der Waals surface area contributed by atoms with Crippen molar-refractivity contribution in [2.45, 2.75) is 62.0 Å². The van der Waals surface area contributed by atoms with Crippen molar-refractivity contribution in [3.05, 3.63) is 18.0 Å². The molecule has 1 aliphatic carbocycles. The molecule has 0 aromatic carbocycles. The van der Waals surface area contributed by atoms with Gasteiger partial charge in [-0.1, -0.05) is 26.2 Å². The molecule has 0 N–H and O–H groups in total. The van der Waals surface area contributed by atoms with Crippen LogP contribution in [0.4, 0.5) is 0 Å². The normalized spacial score (nSPS) is 27.7. The molecule has 21 heavy (non-hydrogen) atoms. The predicted molar refractivity (Wildman–Crippen MR) is 91.2 cm³/mol. The van der Waals surface area contributed by atoms with Gasteiger partial charge in [0.2, 0.25) is 0 Å². The quantitative estimate of drug-likeness (QED) is 0.845. The molecular formula is C16H24N2OS2. The van der Waals surface area contributed by atoms with Crippen LogP contribution in [0.3, 0.4) is 0 Å². The number of aromatic nitrogens is 2. The molecule has 2 fully saturated rings. The van der Waals surface area contributed by atoms with Crippen molar-refractivity contribution < 1.29 is 4.79 Å². The second kappa shape index (κ2) is 7.23. The Hall–Kier alpha value is -0.420. The Morgan fingerprint density at radius 3 is 2.81 bits per heavy atom. The summed E-state index contributed by atoms with van der Waals surface area (Å²) in [5, 5.41) is 5.27. The molecule has 0 radical (unpaired) electrons. The van der Waals surface area contributed by atoms with Crippen LogP contribution >= 0.6 is 23.5 Å². The van der Waals surface area contributed by atoms with Crippen LogP contribution in [0.2, 0.25) is 0 Å². The number of carbonyl (C=O) groups excluding carboxylic acids is 1. The number of carbonyl (C=O) groups is 1. The van der Waals surface area contributed by atoms with E-state index in [2.05, 4.69) is 22.9 Å². The van der Waals surface area contributed by atoms with E-state index >= 15 is 0 Å². The van der Waals surface area contributed by atoms with Crippen LogP contribution in [0.25, 0.3) is 0 Å². The molecular weight excluding hydrogens is 300 g/mol. The third-order valence-corrected chi connectivity index (χ3v) is 7.61. The fourth-order valence-electron chi connectivity index (χ4n) is 3.29. The Morgan fingerprint density at radius 2 is 2.05 bits per heavy atom. The van der Waals surface area contributed by atoms with Crippen molar-refractivity contribution in [1.82, 2.24) is 9.78 Å². The first-order valence-corrected chi connectivity index (χ1v) is 10.1. The minimum atomic E-state index is 0.156. The minimum absolute atomic E-state index is 0.156. The fraction of sp³-hybridized carbons (Fsp3) is 0.750. The van der Waals surface area contributed by atoms with E-state index < -0.39 is 0 Å². The van der Waals surface area contributed by atoms with Gasteiger partial charge in [-0.15, -0.1) is 11.8 Å². The van der Waals surface area contributed by atoms with Crippen LogP contribution in [-0.2, 0) is 11.2 Å². The molecule has 1 aromatic heterocycles. The minimum Gasteiger partial charge on any atom is -0.298 e. The van der Waals surface area contributed by atoms with Crippen LogP contribution in [0.1, 0.15) is 50.8 Å². The molecule has 1 aromatic rings. The first-order chi connectivity index (χ1) is 10.2. The van der Waals surface area contributed by atoms with Gasteiger partial charge in [0, 0.05) is 23.0 Å². The molecule has 2 atom stereocenters. The van der Waals surface area contributed by atoms with E-state index in [9.17, 15) is 4.79 Å². The lowest BCUT2D eigenvalue weighted by Gasteiger charge is -2.26. The monoisotopic (exact) mass is 324 g/mol. The maximum absolute atomic E-state index is 12.5. The van der Waals surface area contributed by atoms with Crippen molar-refractivity contribution in [3.63, 3.8) is 0 Å². The van der Waals surface area contributed by atoms with Gasteiger partial charge in [-0.05, 0) is 18.9 Å². The fourth-order valence-corrected chi connectivity index (χ4v) is 6.02. The van der Waals surface area contributed by atoms with Crippen molar-refractivity contribution in [3.8, 4) is 0 Å². The molecule has 116 valence electrons. The molecule has 3 nitrogen and oxygen atoms in total. The van der Waals surface area contributed by atoms with Gasteiger partial charge in [0.1, 0.15) is 0 Å². The summed E-state index contributed by atoms with van der Waals surface area (Å²) in [6.07, 6.45) is 9.03. The van der Waals surface area contributed by atoms with Crippen LogP contribution < -0.4 is 0 Å². The average molecular weight is 325 g/mol. The van der Waals surface area contributed by atoms with Crippen LogP contribution in [-0.4, -0.2) is 37.6 Å². The zero-order valence-electron chi connectivity index (χ0n) is 12.7. The third kappa shape index (κ3) is 3.86. The van der Waals surface area contributed by atoms with Crippen molar-refractivity contribution in [1.29, 1.82) is 0 Å². The Morgan fingerprint density at radius 1 is 1.29 bits per heavy atom. The number of nitrogens with zero attached hydrogens (tertiary/aromatic N) is 2. The predicted octanol–water partition coefficient (Wildman–Crippen LogP) is 3.74. The van der Waals surface area contributed by atoms with Crippen LogP contribution in [0, 0.1) is 0 Å². The standard InChI is InChI=1S/C16H24N2OS2/c1-12-16(21-10-9-20-12)15(19)11-13-7-8-18(17-13)14-5-3-2-4-6-14/h7-8,12,14,16H,2-6,9-11H2,1H3. The molecule has 0 bridgehead atoms. The van der Waals surface area contributed by atoms with Crippen molar-refractivity contribution in [2.75, 3.05) is 11.5 Å². The molecule has 0 spiro atoms. The van der Waals surface area contributed by atoms with Crippen LogP contribution in [0.15, 0.2) is 12.3 Å². The first kappa shape index (κ1) is 15.5. The highest BCUT2D eigenvalue weighted by Crippen LogP contribution is 2.32. The summed E-state index contributed by atoms with van der Waals surface area (Å²) in [5.74, 6) is 2.63. The molecule has 5 heteroatoms. The Balaban J connectivity index is 1.59. The SMILES string of the molecule is CC1SCCSC1C(=O)Cc1ccn(C2CCCCC2)n1. The lowest BCUT2D eigenvalue weighted by Crippen LogP contribution is -2.32. The summed E-state index contributed by atoms with van der Waals surface area (Å²) in [6.45, 7) is 2.18. The first-order valence-electron chi connectivity index (χ1n) is 8.04. The Bertz CT molecular complexity index is 482. The van der Waals surface area contributed by atoms with E-state index in [1.807, 2.05) is 29.6 Å². The second-order valence-corrected chi connectivity index (χ2v) is 8.82. The molecule has 1 saturated carbocycles. The lowest BCUT2D eigenvalue weighted by atomic mass is 9.96. The molecule has 0 amide bonds. The van der Waals surface area contributed by atoms with Crippen molar-refractivity contribution in [2.24, 2.45) is 0 Å². The number of ketones is 1. The zero-order valence-corrected chi connectivity index (χ0v) is 14.3. The van der Waals surface area contributed by atoms with Gasteiger partial charge in [0.05, 0.1) is 23.4 Å². The number of hydrogen-bond acceptors (Lipinski definition) is 4. The largest absolute Gasteiger partial charge is 0.298 e. The smallest absolute Gasteiger partial charge is 0.152 e. The average Bonchev–Trinajstić information content (AvgIpc) is 2.97. The summed E-state index contributed by atoms with van der Waals surface area (Å²) >= 11 is 3.75. The molecule has 1 aliphatic heterocycles. The Kier molecular flexibility index (Phi) is 5.33. The number of hydrogen-bond donors (Lipinski definition) is 0. The van der Waals surface area contributed by atoms with Crippen molar-refractivity contribution >= 4 is 29.3 Å². The van der Waals surface area contributed by atoms with Gasteiger partial charge in [-0.25, -0.2) is 0 Å². The van der Waals surface area contributed by atoms with Gasteiger partial charge in [0.15, 0.2) is 5.78 Å². The summed E-state index contributed by atoms with van der Waals surface area (Å²) in [7, 11) is 0. The molecule has 2 aliphatic rings. The second-order valence-electron chi connectivity index (χ2n) is 6.09. The highest BCUT2D eigenvalue weighted by Gasteiger charge is 2.29. The third-order valence-electron chi connectivity index (χ3n) is 4.47. The van der Waals surface area contributed by atoms with Gasteiger partial charge in [-0.3, -0.25) is 9.48 Å². The number of thioether (sulfide) groups is 2. The summed E-state index contributed by atoms with van der Waals surface area (Å²) in [4.78, 5) is 12.5. The van der Waals surface area contributed by atoms with Gasteiger partial charge in [-0.2, -0.15) is 16.9 Å². The summed E-state index contributed by atoms with van der Waals surface area (Å²) in [5.41, 5.74) is 0.953. The number of Topliss-reactive ketones (excluding diaryl/α,β-unsaturated/α-hetero) is 1. The summed E-state index contributed by atoms with van der Waals surface area (Å²) in [6, 6.07) is 2.60. The maximum atomic E-state index is 12.5. The van der Waals surface area contributed by atoms with Gasteiger partial charge >= 0.3 is 0 Å². The molecule has 3 rings (SSSR count). The topological polar surface area (TPSA) is 34.9 Å². The van der Waals surface area contributed by atoms with E-state index in [1.165, 1.54) is 37.9 Å². The van der Waals surface area contributed by atoms with E-state index in [4.69, 9.17) is 0 Å². The van der Waals surface area contributed by atoms with E-state index in [-0.39, 0.29) is 5.25 Å². The van der Waals surface area contributed by atoms with E-state index in [1.54, 1.807) is 0 Å². The van der Waals surface area contributed by atoms with Gasteiger partial charge in [0.25, 0.3) is 0 Å².